The lowest BCUT2D eigenvalue weighted by Gasteiger charge is -2.02. The first-order valence-electron chi connectivity index (χ1n) is 5.00. The first-order chi connectivity index (χ1) is 7.70. The minimum atomic E-state index is 0.383. The highest BCUT2D eigenvalue weighted by Crippen LogP contribution is 2.26. The molecule has 0 radical (unpaired) electrons. The van der Waals surface area contributed by atoms with Crippen molar-refractivity contribution >= 4 is 28.1 Å². The number of rotatable bonds is 3. The molecule has 0 saturated heterocycles. The zero-order chi connectivity index (χ0) is 11.5. The predicted molar refractivity (Wildman–Crippen MR) is 66.0 cm³/mol. The summed E-state index contributed by atoms with van der Waals surface area (Å²) < 4.78 is 0. The fourth-order valence-electron chi connectivity index (χ4n) is 1.36. The number of aromatic nitrogens is 3. The normalized spacial score (nSPS) is 10.4. The molecule has 0 spiro atoms. The maximum Gasteiger partial charge on any atom is 0.188 e. The molecule has 0 amide bonds. The highest BCUT2D eigenvalue weighted by Gasteiger charge is 2.08. The molecule has 84 valence electrons. The topological polar surface area (TPSA) is 76.7 Å². The van der Waals surface area contributed by atoms with E-state index in [9.17, 15) is 0 Å². The lowest BCUT2D eigenvalue weighted by molar-refractivity contribution is 1.04. The summed E-state index contributed by atoms with van der Waals surface area (Å²) in [5.74, 6) is 0.937. The van der Waals surface area contributed by atoms with Gasteiger partial charge in [-0.2, -0.15) is 0 Å². The van der Waals surface area contributed by atoms with Gasteiger partial charge in [-0.1, -0.05) is 6.92 Å². The highest BCUT2D eigenvalue weighted by molar-refractivity contribution is 7.15. The fourth-order valence-corrected chi connectivity index (χ4v) is 2.26. The van der Waals surface area contributed by atoms with Crippen LogP contribution in [0.15, 0.2) is 12.4 Å². The summed E-state index contributed by atoms with van der Waals surface area (Å²) in [7, 11) is 0. The van der Waals surface area contributed by atoms with Crippen LogP contribution in [-0.4, -0.2) is 15.0 Å². The zero-order valence-corrected chi connectivity index (χ0v) is 10.0. The minimum Gasteiger partial charge on any atom is -0.381 e. The van der Waals surface area contributed by atoms with E-state index in [1.54, 1.807) is 23.7 Å². The molecule has 0 saturated carbocycles. The van der Waals surface area contributed by atoms with Gasteiger partial charge in [-0.25, -0.2) is 15.0 Å². The minimum absolute atomic E-state index is 0.383. The second kappa shape index (κ2) is 4.44. The van der Waals surface area contributed by atoms with Crippen molar-refractivity contribution in [3.05, 3.63) is 23.0 Å². The first-order valence-corrected chi connectivity index (χ1v) is 5.82. The van der Waals surface area contributed by atoms with E-state index in [1.807, 2.05) is 0 Å². The molecule has 0 atom stereocenters. The largest absolute Gasteiger partial charge is 0.381 e. The number of anilines is 3. The fraction of sp³-hybridized carbons (Fsp3) is 0.300. The number of nitrogen functional groups attached to an aromatic ring is 1. The summed E-state index contributed by atoms with van der Waals surface area (Å²) in [6.07, 6.45) is 4.09. The smallest absolute Gasteiger partial charge is 0.188 e. The Bertz CT molecular complexity index is 494. The number of thiazole rings is 1. The van der Waals surface area contributed by atoms with Gasteiger partial charge in [-0.15, -0.1) is 11.3 Å². The van der Waals surface area contributed by atoms with Gasteiger partial charge in [0, 0.05) is 17.3 Å². The Balaban J connectivity index is 2.24. The van der Waals surface area contributed by atoms with Gasteiger partial charge < -0.3 is 11.1 Å². The Kier molecular flexibility index (Phi) is 3.00. The maximum atomic E-state index is 5.69. The molecule has 0 fully saturated rings. The van der Waals surface area contributed by atoms with Crippen LogP contribution in [0.5, 0.6) is 0 Å². The Labute approximate surface area is 97.8 Å². The van der Waals surface area contributed by atoms with Crippen LogP contribution in [0.25, 0.3) is 0 Å². The molecule has 3 N–H and O–H groups in total. The standard InChI is InChI=1S/C10H13N5S/c1-3-7-6(2)16-10(14-7)15-9-8(11)12-4-5-13-9/h4-5H,3H2,1-2H3,(H2,11,12)(H,13,14,15). The summed E-state index contributed by atoms with van der Waals surface area (Å²) in [5, 5.41) is 3.88. The van der Waals surface area contributed by atoms with E-state index in [-0.39, 0.29) is 0 Å². The molecular formula is C10H13N5S. The molecule has 0 aromatic carbocycles. The van der Waals surface area contributed by atoms with Crippen LogP contribution in [0.2, 0.25) is 0 Å². The summed E-state index contributed by atoms with van der Waals surface area (Å²) in [6, 6.07) is 0. The molecule has 0 unspecified atom stereocenters. The second-order valence-corrected chi connectivity index (χ2v) is 4.49. The van der Waals surface area contributed by atoms with E-state index in [1.165, 1.54) is 4.88 Å². The van der Waals surface area contributed by atoms with Gasteiger partial charge in [-0.05, 0) is 13.3 Å². The molecule has 5 nitrogen and oxygen atoms in total. The van der Waals surface area contributed by atoms with Gasteiger partial charge in [0.2, 0.25) is 0 Å². The summed E-state index contributed by atoms with van der Waals surface area (Å²) in [5.41, 5.74) is 6.79. The molecule has 0 aliphatic carbocycles. The maximum absolute atomic E-state index is 5.69. The number of aryl methyl sites for hydroxylation is 2. The average molecular weight is 235 g/mol. The molecule has 6 heteroatoms. The highest BCUT2D eigenvalue weighted by atomic mass is 32.1. The number of hydrogen-bond acceptors (Lipinski definition) is 6. The van der Waals surface area contributed by atoms with Crippen molar-refractivity contribution in [2.75, 3.05) is 11.1 Å². The predicted octanol–water partition coefficient (Wildman–Crippen LogP) is 2.13. The number of hydrogen-bond donors (Lipinski definition) is 2. The third kappa shape index (κ3) is 2.11. The third-order valence-corrected chi connectivity index (χ3v) is 3.11. The van der Waals surface area contributed by atoms with Gasteiger partial charge in [0.25, 0.3) is 0 Å². The van der Waals surface area contributed by atoms with E-state index < -0.39 is 0 Å². The van der Waals surface area contributed by atoms with Crippen LogP contribution in [-0.2, 0) is 6.42 Å². The quantitative estimate of drug-likeness (QED) is 0.852. The first kappa shape index (κ1) is 10.8. The van der Waals surface area contributed by atoms with Gasteiger partial charge in [0.05, 0.1) is 5.69 Å². The summed E-state index contributed by atoms with van der Waals surface area (Å²) in [6.45, 7) is 4.14. The van der Waals surface area contributed by atoms with E-state index in [2.05, 4.69) is 34.1 Å². The van der Waals surface area contributed by atoms with Crippen molar-refractivity contribution in [3.8, 4) is 0 Å². The molecule has 2 aromatic heterocycles. The lowest BCUT2D eigenvalue weighted by Crippen LogP contribution is -2.00. The number of nitrogens with zero attached hydrogens (tertiary/aromatic N) is 3. The van der Waals surface area contributed by atoms with Crippen LogP contribution in [0, 0.1) is 6.92 Å². The molecule has 16 heavy (non-hydrogen) atoms. The van der Waals surface area contributed by atoms with Crippen molar-refractivity contribution in [1.29, 1.82) is 0 Å². The molecule has 0 aliphatic heterocycles. The third-order valence-electron chi connectivity index (χ3n) is 2.18. The van der Waals surface area contributed by atoms with Crippen LogP contribution >= 0.6 is 11.3 Å². The summed E-state index contributed by atoms with van der Waals surface area (Å²) >= 11 is 1.60. The number of nitrogens with one attached hydrogen (secondary N) is 1. The Hall–Kier alpha value is -1.69. The van der Waals surface area contributed by atoms with Crippen LogP contribution in [0.1, 0.15) is 17.5 Å². The lowest BCUT2D eigenvalue weighted by atomic mass is 10.3. The summed E-state index contributed by atoms with van der Waals surface area (Å²) in [4.78, 5) is 13.7. The number of nitrogens with two attached hydrogens (primary N) is 1. The molecule has 2 rings (SSSR count). The molecular weight excluding hydrogens is 222 g/mol. The van der Waals surface area contributed by atoms with Crippen LogP contribution in [0.4, 0.5) is 16.8 Å². The van der Waals surface area contributed by atoms with Gasteiger partial charge in [0.15, 0.2) is 16.8 Å². The van der Waals surface area contributed by atoms with Crippen molar-refractivity contribution < 1.29 is 0 Å². The zero-order valence-electron chi connectivity index (χ0n) is 9.19. The SMILES string of the molecule is CCc1nc(Nc2nccnc2N)sc1C. The van der Waals surface area contributed by atoms with Gasteiger partial charge in [-0.3, -0.25) is 0 Å². The van der Waals surface area contributed by atoms with Crippen molar-refractivity contribution in [1.82, 2.24) is 15.0 Å². The molecule has 2 aromatic rings. The van der Waals surface area contributed by atoms with Crippen molar-refractivity contribution in [3.63, 3.8) is 0 Å². The second-order valence-electron chi connectivity index (χ2n) is 3.29. The Morgan fingerprint density at radius 1 is 1.38 bits per heavy atom. The van der Waals surface area contributed by atoms with Gasteiger partial charge in [0.1, 0.15) is 0 Å². The Morgan fingerprint density at radius 2 is 2.12 bits per heavy atom. The van der Waals surface area contributed by atoms with E-state index in [0.717, 1.165) is 17.2 Å². The van der Waals surface area contributed by atoms with Crippen molar-refractivity contribution in [2.24, 2.45) is 0 Å². The van der Waals surface area contributed by atoms with Crippen LogP contribution < -0.4 is 11.1 Å². The molecule has 2 heterocycles. The van der Waals surface area contributed by atoms with Gasteiger partial charge >= 0.3 is 0 Å². The Morgan fingerprint density at radius 3 is 2.75 bits per heavy atom. The van der Waals surface area contributed by atoms with Crippen LogP contribution in [0.3, 0.4) is 0 Å². The molecule has 0 bridgehead atoms. The van der Waals surface area contributed by atoms with E-state index in [4.69, 9.17) is 5.73 Å². The molecule has 0 aliphatic rings. The average Bonchev–Trinajstić information content (AvgIpc) is 2.62. The van der Waals surface area contributed by atoms with E-state index in [0.29, 0.717) is 11.6 Å². The van der Waals surface area contributed by atoms with E-state index >= 15 is 0 Å². The van der Waals surface area contributed by atoms with Crippen molar-refractivity contribution in [2.45, 2.75) is 20.3 Å². The monoisotopic (exact) mass is 235 g/mol.